The molecule has 1 aromatic carbocycles. The minimum Gasteiger partial charge on any atom is -0.491 e. The lowest BCUT2D eigenvalue weighted by atomic mass is 10.2. The topological polar surface area (TPSA) is 64.8 Å². The van der Waals surface area contributed by atoms with E-state index in [1.807, 2.05) is 24.3 Å². The van der Waals surface area contributed by atoms with Crippen LogP contribution in [0.2, 0.25) is 0 Å². The lowest BCUT2D eigenvalue weighted by Gasteiger charge is -2.26. The highest BCUT2D eigenvalue weighted by Gasteiger charge is 2.22. The first kappa shape index (κ1) is 13.7. The van der Waals surface area contributed by atoms with Crippen LogP contribution in [0.4, 0.5) is 5.69 Å². The summed E-state index contributed by atoms with van der Waals surface area (Å²) in [5.74, 6) is 0.487. The van der Waals surface area contributed by atoms with Crippen LogP contribution in [0.25, 0.3) is 0 Å². The molecule has 2 N–H and O–H groups in total. The number of benzene rings is 1. The summed E-state index contributed by atoms with van der Waals surface area (Å²) in [6, 6.07) is 7.18. The van der Waals surface area contributed by atoms with Crippen LogP contribution in [0.15, 0.2) is 24.3 Å². The van der Waals surface area contributed by atoms with E-state index in [-0.39, 0.29) is 5.97 Å². The molecule has 0 saturated carbocycles. The van der Waals surface area contributed by atoms with Gasteiger partial charge in [0.2, 0.25) is 0 Å². The molecule has 0 fully saturated rings. The second-order valence-electron chi connectivity index (χ2n) is 4.47. The van der Waals surface area contributed by atoms with Crippen molar-refractivity contribution < 1.29 is 14.3 Å². The molecule has 0 amide bonds. The highest BCUT2D eigenvalue weighted by atomic mass is 16.5. The molecule has 0 saturated heterocycles. The van der Waals surface area contributed by atoms with Crippen molar-refractivity contribution in [3.63, 3.8) is 0 Å². The third-order valence-corrected chi connectivity index (χ3v) is 3.04. The fraction of sp³-hybridized carbons (Fsp3) is 0.500. The Morgan fingerprint density at radius 2 is 2.32 bits per heavy atom. The average Bonchev–Trinajstić information content (AvgIpc) is 2.62. The standard InChI is InChI=1S/C14H20N2O3/c1-2-18-14(17)11(15)10-16-8-5-9-19-13-7-4-3-6-12(13)16/h3-4,6-7,11H,2,5,8-10,15H2,1H3. The molecule has 2 rings (SSSR count). The quantitative estimate of drug-likeness (QED) is 0.827. The number of carbonyl (C=O) groups excluding carboxylic acids is 1. The summed E-state index contributed by atoms with van der Waals surface area (Å²) in [7, 11) is 0. The van der Waals surface area contributed by atoms with Gasteiger partial charge < -0.3 is 20.1 Å². The van der Waals surface area contributed by atoms with Gasteiger partial charge in [0.25, 0.3) is 0 Å². The predicted molar refractivity (Wildman–Crippen MR) is 73.4 cm³/mol. The average molecular weight is 264 g/mol. The van der Waals surface area contributed by atoms with Crippen LogP contribution in [0.3, 0.4) is 0 Å². The smallest absolute Gasteiger partial charge is 0.324 e. The van der Waals surface area contributed by atoms with Gasteiger partial charge in [0.05, 0.1) is 18.9 Å². The lowest BCUT2D eigenvalue weighted by Crippen LogP contribution is -2.44. The Kier molecular flexibility index (Phi) is 4.63. The Balaban J connectivity index is 2.09. The zero-order valence-corrected chi connectivity index (χ0v) is 11.2. The third-order valence-electron chi connectivity index (χ3n) is 3.04. The largest absolute Gasteiger partial charge is 0.491 e. The van der Waals surface area contributed by atoms with Crippen molar-refractivity contribution in [2.24, 2.45) is 5.73 Å². The molecule has 19 heavy (non-hydrogen) atoms. The van der Waals surface area contributed by atoms with Crippen molar-refractivity contribution in [1.82, 2.24) is 0 Å². The zero-order chi connectivity index (χ0) is 13.7. The van der Waals surface area contributed by atoms with E-state index in [0.717, 1.165) is 24.4 Å². The first-order valence-corrected chi connectivity index (χ1v) is 6.61. The van der Waals surface area contributed by atoms with Crippen LogP contribution in [-0.2, 0) is 9.53 Å². The molecule has 0 aliphatic carbocycles. The molecule has 1 atom stereocenters. The van der Waals surface area contributed by atoms with Crippen LogP contribution in [0.1, 0.15) is 13.3 Å². The molecule has 0 bridgehead atoms. The van der Waals surface area contributed by atoms with Gasteiger partial charge in [0.15, 0.2) is 0 Å². The maximum absolute atomic E-state index is 11.6. The van der Waals surface area contributed by atoms with Crippen molar-refractivity contribution in [3.05, 3.63) is 24.3 Å². The number of hydrogen-bond acceptors (Lipinski definition) is 5. The molecule has 1 aliphatic rings. The maximum atomic E-state index is 11.6. The van der Waals surface area contributed by atoms with Gasteiger partial charge in [-0.2, -0.15) is 0 Å². The molecule has 1 heterocycles. The van der Waals surface area contributed by atoms with E-state index in [1.54, 1.807) is 6.92 Å². The summed E-state index contributed by atoms with van der Waals surface area (Å²) < 4.78 is 10.6. The summed E-state index contributed by atoms with van der Waals surface area (Å²) in [5, 5.41) is 0. The highest BCUT2D eigenvalue weighted by molar-refractivity contribution is 5.76. The number of nitrogens with zero attached hydrogens (tertiary/aromatic N) is 1. The summed E-state index contributed by atoms with van der Waals surface area (Å²) in [6.07, 6.45) is 0.907. The number of ether oxygens (including phenoxy) is 2. The second kappa shape index (κ2) is 6.43. The fourth-order valence-corrected chi connectivity index (χ4v) is 2.15. The van der Waals surface area contributed by atoms with Crippen molar-refractivity contribution in [3.8, 4) is 5.75 Å². The molecule has 5 heteroatoms. The van der Waals surface area contributed by atoms with Gasteiger partial charge in [-0.05, 0) is 25.5 Å². The van der Waals surface area contributed by atoms with Gasteiger partial charge >= 0.3 is 5.97 Å². The summed E-state index contributed by atoms with van der Waals surface area (Å²) in [4.78, 5) is 13.7. The number of esters is 1. The predicted octanol–water partition coefficient (Wildman–Crippen LogP) is 1.17. The summed E-state index contributed by atoms with van der Waals surface area (Å²) >= 11 is 0. The molecule has 1 aromatic rings. The highest BCUT2D eigenvalue weighted by Crippen LogP contribution is 2.30. The zero-order valence-electron chi connectivity index (χ0n) is 11.2. The minimum absolute atomic E-state index is 0.353. The van der Waals surface area contributed by atoms with E-state index >= 15 is 0 Å². The summed E-state index contributed by atoms with van der Waals surface area (Å²) in [5.41, 5.74) is 6.87. The monoisotopic (exact) mass is 264 g/mol. The van der Waals surface area contributed by atoms with Crippen LogP contribution >= 0.6 is 0 Å². The third kappa shape index (κ3) is 3.38. The van der Waals surface area contributed by atoms with Gasteiger partial charge in [-0.15, -0.1) is 0 Å². The van der Waals surface area contributed by atoms with E-state index in [2.05, 4.69) is 4.90 Å². The molecule has 5 nitrogen and oxygen atoms in total. The van der Waals surface area contributed by atoms with Gasteiger partial charge in [-0.25, -0.2) is 0 Å². The minimum atomic E-state index is -0.633. The van der Waals surface area contributed by atoms with E-state index in [9.17, 15) is 4.79 Å². The first-order chi connectivity index (χ1) is 9.22. The van der Waals surface area contributed by atoms with Crippen LogP contribution in [0.5, 0.6) is 5.75 Å². The van der Waals surface area contributed by atoms with Crippen molar-refractivity contribution in [2.75, 3.05) is 31.2 Å². The number of nitrogens with two attached hydrogens (primary N) is 1. The van der Waals surface area contributed by atoms with Crippen LogP contribution < -0.4 is 15.4 Å². The molecule has 0 spiro atoms. The van der Waals surface area contributed by atoms with Crippen molar-refractivity contribution in [1.29, 1.82) is 0 Å². The Labute approximate surface area is 113 Å². The normalized spacial score (nSPS) is 16.0. The SMILES string of the molecule is CCOC(=O)C(N)CN1CCCOc2ccccc21. The number of para-hydroxylation sites is 2. The number of fused-ring (bicyclic) bond motifs is 1. The van der Waals surface area contributed by atoms with E-state index in [0.29, 0.717) is 19.8 Å². The van der Waals surface area contributed by atoms with E-state index < -0.39 is 6.04 Å². The Bertz CT molecular complexity index is 436. The Hall–Kier alpha value is -1.75. The van der Waals surface area contributed by atoms with Gasteiger partial charge in [0.1, 0.15) is 11.8 Å². The molecule has 1 aliphatic heterocycles. The van der Waals surface area contributed by atoms with Gasteiger partial charge in [-0.3, -0.25) is 4.79 Å². The Morgan fingerprint density at radius 3 is 3.11 bits per heavy atom. The molecular weight excluding hydrogens is 244 g/mol. The van der Waals surface area contributed by atoms with Crippen molar-refractivity contribution in [2.45, 2.75) is 19.4 Å². The lowest BCUT2D eigenvalue weighted by molar-refractivity contribution is -0.144. The summed E-state index contributed by atoms with van der Waals surface area (Å²) in [6.45, 7) is 4.08. The number of hydrogen-bond donors (Lipinski definition) is 1. The van der Waals surface area contributed by atoms with Crippen LogP contribution in [0, 0.1) is 0 Å². The number of anilines is 1. The fourth-order valence-electron chi connectivity index (χ4n) is 2.15. The Morgan fingerprint density at radius 1 is 1.53 bits per heavy atom. The molecule has 104 valence electrons. The molecule has 1 unspecified atom stereocenters. The maximum Gasteiger partial charge on any atom is 0.324 e. The molecule has 0 radical (unpaired) electrons. The van der Waals surface area contributed by atoms with Crippen LogP contribution in [-0.4, -0.2) is 38.3 Å². The van der Waals surface area contributed by atoms with E-state index in [4.69, 9.17) is 15.2 Å². The molecule has 0 aromatic heterocycles. The van der Waals surface area contributed by atoms with Gasteiger partial charge in [-0.1, -0.05) is 12.1 Å². The second-order valence-corrected chi connectivity index (χ2v) is 4.47. The van der Waals surface area contributed by atoms with Gasteiger partial charge in [0, 0.05) is 13.1 Å². The number of carbonyl (C=O) groups is 1. The number of rotatable bonds is 4. The first-order valence-electron chi connectivity index (χ1n) is 6.61. The molecular formula is C14H20N2O3. The van der Waals surface area contributed by atoms with Crippen molar-refractivity contribution >= 4 is 11.7 Å². The van der Waals surface area contributed by atoms with E-state index in [1.165, 1.54) is 0 Å².